The Morgan fingerprint density at radius 1 is 1.00 bits per heavy atom. The standard InChI is InChI=1S/C24H15N3O4/c25-15-17(24(28)26-21-10-5-7-16-6-1-2-8-19(16)21)14-18-12-13-23(31-18)20-9-3-4-11-22(20)27(29)30/h1-14H,(H,26,28). The molecule has 31 heavy (non-hydrogen) atoms. The lowest BCUT2D eigenvalue weighted by Crippen LogP contribution is -2.13. The fourth-order valence-corrected chi connectivity index (χ4v) is 3.23. The molecule has 3 aromatic carbocycles. The SMILES string of the molecule is N#CC(=Cc1ccc(-c2ccccc2[N+](=O)[O-])o1)C(=O)Nc1cccc2ccccc12. The smallest absolute Gasteiger partial charge is 0.280 e. The van der Waals surface area contributed by atoms with E-state index in [4.69, 9.17) is 4.42 Å². The number of anilines is 1. The Morgan fingerprint density at radius 3 is 2.55 bits per heavy atom. The predicted octanol–water partition coefficient (Wildman–Crippen LogP) is 5.55. The molecule has 0 atom stereocenters. The van der Waals surface area contributed by atoms with Gasteiger partial charge in [-0.2, -0.15) is 5.26 Å². The molecule has 0 saturated heterocycles. The second kappa shape index (κ2) is 8.35. The zero-order valence-corrected chi connectivity index (χ0v) is 16.1. The van der Waals surface area contributed by atoms with Crippen LogP contribution in [0.5, 0.6) is 0 Å². The second-order valence-corrected chi connectivity index (χ2v) is 6.63. The number of hydrogen-bond donors (Lipinski definition) is 1. The van der Waals surface area contributed by atoms with E-state index in [0.717, 1.165) is 10.8 Å². The quantitative estimate of drug-likeness (QED) is 0.201. The second-order valence-electron chi connectivity index (χ2n) is 6.63. The van der Waals surface area contributed by atoms with Gasteiger partial charge < -0.3 is 9.73 Å². The van der Waals surface area contributed by atoms with E-state index in [9.17, 15) is 20.2 Å². The summed E-state index contributed by atoms with van der Waals surface area (Å²) in [7, 11) is 0. The van der Waals surface area contributed by atoms with Crippen molar-refractivity contribution in [1.29, 1.82) is 5.26 Å². The normalized spacial score (nSPS) is 11.1. The Labute approximate surface area is 177 Å². The first-order valence-electron chi connectivity index (χ1n) is 9.31. The number of nitro benzene ring substituents is 1. The number of benzene rings is 3. The molecule has 0 spiro atoms. The van der Waals surface area contributed by atoms with Crippen molar-refractivity contribution in [1.82, 2.24) is 0 Å². The summed E-state index contributed by atoms with van der Waals surface area (Å²) in [6.45, 7) is 0. The molecule has 1 amide bonds. The number of para-hydroxylation sites is 1. The molecule has 7 heteroatoms. The van der Waals surface area contributed by atoms with E-state index >= 15 is 0 Å². The Bertz CT molecular complexity index is 1370. The highest BCUT2D eigenvalue weighted by atomic mass is 16.6. The van der Waals surface area contributed by atoms with Gasteiger partial charge >= 0.3 is 0 Å². The largest absolute Gasteiger partial charge is 0.456 e. The first kappa shape index (κ1) is 19.6. The Kier molecular flexibility index (Phi) is 5.28. The zero-order chi connectivity index (χ0) is 21.8. The van der Waals surface area contributed by atoms with E-state index in [1.165, 1.54) is 12.1 Å². The fourth-order valence-electron chi connectivity index (χ4n) is 3.23. The van der Waals surface area contributed by atoms with Crippen LogP contribution in [-0.4, -0.2) is 10.8 Å². The highest BCUT2D eigenvalue weighted by Crippen LogP contribution is 2.31. The van der Waals surface area contributed by atoms with Crippen LogP contribution >= 0.6 is 0 Å². The molecule has 0 saturated carbocycles. The van der Waals surface area contributed by atoms with Gasteiger partial charge in [-0.25, -0.2) is 0 Å². The van der Waals surface area contributed by atoms with Crippen LogP contribution in [0.4, 0.5) is 11.4 Å². The molecule has 4 aromatic rings. The number of amides is 1. The summed E-state index contributed by atoms with van der Waals surface area (Å²) in [6.07, 6.45) is 1.30. The van der Waals surface area contributed by atoms with E-state index in [0.29, 0.717) is 11.3 Å². The number of fused-ring (bicyclic) bond motifs is 1. The molecule has 1 aromatic heterocycles. The van der Waals surface area contributed by atoms with Crippen LogP contribution in [0.15, 0.2) is 88.9 Å². The van der Waals surface area contributed by atoms with Crippen LogP contribution in [0.2, 0.25) is 0 Å². The number of nitriles is 1. The lowest BCUT2D eigenvalue weighted by molar-refractivity contribution is -0.384. The van der Waals surface area contributed by atoms with Gasteiger partial charge in [-0.15, -0.1) is 0 Å². The Morgan fingerprint density at radius 2 is 1.74 bits per heavy atom. The first-order chi connectivity index (χ1) is 15.1. The van der Waals surface area contributed by atoms with E-state index in [-0.39, 0.29) is 22.8 Å². The molecule has 4 rings (SSSR count). The summed E-state index contributed by atoms with van der Waals surface area (Å²) < 4.78 is 5.65. The summed E-state index contributed by atoms with van der Waals surface area (Å²) >= 11 is 0. The third-order valence-corrected chi connectivity index (χ3v) is 4.68. The number of nitrogens with one attached hydrogen (secondary N) is 1. The number of rotatable bonds is 5. The number of hydrogen-bond acceptors (Lipinski definition) is 5. The predicted molar refractivity (Wildman–Crippen MR) is 117 cm³/mol. The highest BCUT2D eigenvalue weighted by molar-refractivity contribution is 6.12. The van der Waals surface area contributed by atoms with Gasteiger partial charge in [-0.05, 0) is 29.7 Å². The molecule has 0 bridgehead atoms. The van der Waals surface area contributed by atoms with Crippen molar-refractivity contribution < 1.29 is 14.1 Å². The molecule has 1 heterocycles. The third-order valence-electron chi connectivity index (χ3n) is 4.68. The molecule has 0 aliphatic heterocycles. The third kappa shape index (κ3) is 4.04. The molecular formula is C24H15N3O4. The van der Waals surface area contributed by atoms with Crippen molar-refractivity contribution >= 4 is 34.1 Å². The lowest BCUT2D eigenvalue weighted by Gasteiger charge is -2.08. The minimum absolute atomic E-state index is 0.0958. The molecule has 0 unspecified atom stereocenters. The molecule has 0 radical (unpaired) electrons. The van der Waals surface area contributed by atoms with Gasteiger partial charge in [-0.3, -0.25) is 14.9 Å². The van der Waals surface area contributed by atoms with Crippen molar-refractivity contribution in [2.75, 3.05) is 5.32 Å². The summed E-state index contributed by atoms with van der Waals surface area (Å²) in [5.41, 5.74) is 0.646. The topological polar surface area (TPSA) is 109 Å². The number of carbonyl (C=O) groups is 1. The van der Waals surface area contributed by atoms with Crippen molar-refractivity contribution in [3.63, 3.8) is 0 Å². The molecule has 0 aliphatic carbocycles. The summed E-state index contributed by atoms with van der Waals surface area (Å²) in [5.74, 6) is -0.0782. The van der Waals surface area contributed by atoms with Gasteiger partial charge in [0.1, 0.15) is 23.2 Å². The van der Waals surface area contributed by atoms with Crippen molar-refractivity contribution in [3.05, 3.63) is 100 Å². The van der Waals surface area contributed by atoms with Gasteiger partial charge in [0.2, 0.25) is 0 Å². The maximum atomic E-state index is 12.7. The van der Waals surface area contributed by atoms with Gasteiger partial charge in [-0.1, -0.05) is 48.5 Å². The first-order valence-corrected chi connectivity index (χ1v) is 9.31. The minimum Gasteiger partial charge on any atom is -0.456 e. The highest BCUT2D eigenvalue weighted by Gasteiger charge is 2.18. The number of nitro groups is 1. The minimum atomic E-state index is -0.581. The molecule has 0 fully saturated rings. The molecule has 0 aliphatic rings. The fraction of sp³-hybridized carbons (Fsp3) is 0. The number of furan rings is 1. The van der Waals surface area contributed by atoms with Crippen LogP contribution < -0.4 is 5.32 Å². The average Bonchev–Trinajstić information content (AvgIpc) is 3.26. The van der Waals surface area contributed by atoms with Gasteiger partial charge in [0.05, 0.1) is 10.5 Å². The molecule has 1 N–H and O–H groups in total. The van der Waals surface area contributed by atoms with E-state index in [1.54, 1.807) is 36.4 Å². The average molecular weight is 409 g/mol. The van der Waals surface area contributed by atoms with E-state index in [1.807, 2.05) is 42.5 Å². The van der Waals surface area contributed by atoms with Crippen LogP contribution in [0.3, 0.4) is 0 Å². The summed E-state index contributed by atoms with van der Waals surface area (Å²) in [5, 5.41) is 25.3. The molecule has 7 nitrogen and oxygen atoms in total. The number of carbonyl (C=O) groups excluding carboxylic acids is 1. The summed E-state index contributed by atoms with van der Waals surface area (Å²) in [4.78, 5) is 23.4. The Hall–Kier alpha value is -4.70. The molecule has 150 valence electrons. The maximum absolute atomic E-state index is 12.7. The van der Waals surface area contributed by atoms with Crippen molar-refractivity contribution in [3.8, 4) is 17.4 Å². The van der Waals surface area contributed by atoms with Gasteiger partial charge in [0, 0.05) is 23.2 Å². The summed E-state index contributed by atoms with van der Waals surface area (Å²) in [6, 6.07) is 24.3. The van der Waals surface area contributed by atoms with Gasteiger partial charge in [0.15, 0.2) is 0 Å². The monoisotopic (exact) mass is 409 g/mol. The van der Waals surface area contributed by atoms with Crippen molar-refractivity contribution in [2.24, 2.45) is 0 Å². The number of nitrogens with zero attached hydrogens (tertiary/aromatic N) is 2. The van der Waals surface area contributed by atoms with Crippen LogP contribution in [0.1, 0.15) is 5.76 Å². The van der Waals surface area contributed by atoms with E-state index in [2.05, 4.69) is 5.32 Å². The lowest BCUT2D eigenvalue weighted by atomic mass is 10.1. The van der Waals surface area contributed by atoms with Crippen molar-refractivity contribution in [2.45, 2.75) is 0 Å². The zero-order valence-electron chi connectivity index (χ0n) is 16.1. The Balaban J connectivity index is 1.62. The maximum Gasteiger partial charge on any atom is 0.280 e. The van der Waals surface area contributed by atoms with E-state index < -0.39 is 10.8 Å². The van der Waals surface area contributed by atoms with Crippen LogP contribution in [0.25, 0.3) is 28.2 Å². The van der Waals surface area contributed by atoms with Crippen LogP contribution in [0, 0.1) is 21.4 Å². The molecular weight excluding hydrogens is 394 g/mol. The van der Waals surface area contributed by atoms with Crippen LogP contribution in [-0.2, 0) is 4.79 Å². The van der Waals surface area contributed by atoms with Gasteiger partial charge in [0.25, 0.3) is 11.6 Å².